The van der Waals surface area contributed by atoms with Crippen LogP contribution in [-0.2, 0) is 16.2 Å². The monoisotopic (exact) mass is 516 g/mol. The molecular formula is C31H33FN2O4. The zero-order valence-electron chi connectivity index (χ0n) is 22.0. The number of likely N-dealkylation sites (N-methyl/N-ethyl adjacent to an activating group) is 1. The van der Waals surface area contributed by atoms with Crippen molar-refractivity contribution in [1.29, 1.82) is 0 Å². The molecule has 0 aliphatic carbocycles. The molecule has 38 heavy (non-hydrogen) atoms. The maximum Gasteiger partial charge on any atom is 0.295 e. The number of aliphatic hydroxyl groups excluding tert-OH is 1. The maximum absolute atomic E-state index is 13.7. The number of hydrogen-bond donors (Lipinski definition) is 1. The zero-order chi connectivity index (χ0) is 27.2. The Balaban J connectivity index is 1.63. The van der Waals surface area contributed by atoms with Crippen molar-refractivity contribution in [2.24, 2.45) is 0 Å². The number of amides is 1. The van der Waals surface area contributed by atoms with E-state index in [1.165, 1.54) is 17.0 Å². The molecule has 4 rings (SSSR count). The fourth-order valence-electron chi connectivity index (χ4n) is 4.72. The quantitative estimate of drug-likeness (QED) is 0.220. The molecule has 0 radical (unpaired) electrons. The minimum Gasteiger partial charge on any atom is -0.507 e. The number of aryl methyl sites for hydroxylation is 1. The average molecular weight is 517 g/mol. The number of carbonyl (C=O) groups is 2. The first kappa shape index (κ1) is 27.1. The molecule has 1 amide bonds. The average Bonchev–Trinajstić information content (AvgIpc) is 3.18. The molecule has 1 heterocycles. The van der Waals surface area contributed by atoms with Crippen LogP contribution in [0.3, 0.4) is 0 Å². The number of carbonyl (C=O) groups excluding carboxylic acids is 2. The summed E-state index contributed by atoms with van der Waals surface area (Å²) in [6.45, 7) is 8.97. The number of likely N-dealkylation sites (tertiary alicyclic amines) is 1. The Kier molecular flexibility index (Phi) is 8.59. The molecule has 1 atom stereocenters. The summed E-state index contributed by atoms with van der Waals surface area (Å²) >= 11 is 0. The van der Waals surface area contributed by atoms with Crippen LogP contribution >= 0.6 is 0 Å². The highest BCUT2D eigenvalue weighted by Gasteiger charge is 2.45. The number of aliphatic hydroxyl groups is 1. The highest BCUT2D eigenvalue weighted by atomic mass is 19.1. The van der Waals surface area contributed by atoms with Gasteiger partial charge < -0.3 is 19.6 Å². The molecule has 3 aromatic carbocycles. The van der Waals surface area contributed by atoms with Gasteiger partial charge in [0.15, 0.2) is 0 Å². The Bertz CT molecular complexity index is 1310. The standard InChI is InChI=1S/C31H33FN2O4/c1-4-33(5-2)17-18-34-28(23-9-13-25(32)14-10-23)27(30(36)31(34)37)29(35)24-11-15-26(16-12-24)38-20-22-8-6-7-21(3)19-22/h6-16,19,28,35H,4-5,17-18,20H2,1-3H3/t28-/m1/s1. The minimum atomic E-state index is -0.816. The van der Waals surface area contributed by atoms with E-state index in [9.17, 15) is 19.1 Å². The second-order valence-electron chi connectivity index (χ2n) is 9.37. The lowest BCUT2D eigenvalue weighted by Crippen LogP contribution is -2.38. The molecule has 3 aromatic rings. The van der Waals surface area contributed by atoms with Gasteiger partial charge in [0.1, 0.15) is 23.9 Å². The molecule has 7 heteroatoms. The molecule has 0 unspecified atom stereocenters. The van der Waals surface area contributed by atoms with Crippen LogP contribution in [0, 0.1) is 12.7 Å². The van der Waals surface area contributed by atoms with E-state index >= 15 is 0 Å². The fourth-order valence-corrected chi connectivity index (χ4v) is 4.72. The van der Waals surface area contributed by atoms with Crippen LogP contribution in [0.2, 0.25) is 0 Å². The third-order valence-corrected chi connectivity index (χ3v) is 6.89. The Morgan fingerprint density at radius 1 is 1.00 bits per heavy atom. The van der Waals surface area contributed by atoms with Gasteiger partial charge in [-0.25, -0.2) is 4.39 Å². The lowest BCUT2D eigenvalue weighted by molar-refractivity contribution is -0.140. The predicted molar refractivity (Wildman–Crippen MR) is 145 cm³/mol. The highest BCUT2D eigenvalue weighted by molar-refractivity contribution is 6.46. The van der Waals surface area contributed by atoms with E-state index in [0.717, 1.165) is 24.2 Å². The lowest BCUT2D eigenvalue weighted by atomic mass is 9.95. The second-order valence-corrected chi connectivity index (χ2v) is 9.37. The van der Waals surface area contributed by atoms with Gasteiger partial charge in [-0.05, 0) is 67.5 Å². The molecule has 198 valence electrons. The SMILES string of the molecule is CCN(CC)CCN1C(=O)C(=O)C(=C(O)c2ccc(OCc3cccc(C)c3)cc2)[C@H]1c1ccc(F)cc1. The molecule has 0 saturated carbocycles. The van der Waals surface area contributed by atoms with Crippen LogP contribution in [0.1, 0.15) is 42.1 Å². The predicted octanol–water partition coefficient (Wildman–Crippen LogP) is 5.48. The van der Waals surface area contributed by atoms with E-state index in [1.807, 2.05) is 39.0 Å². The molecule has 0 aromatic heterocycles. The normalized spacial score (nSPS) is 16.9. The molecule has 1 aliphatic rings. The van der Waals surface area contributed by atoms with E-state index in [4.69, 9.17) is 4.74 Å². The van der Waals surface area contributed by atoms with E-state index in [-0.39, 0.29) is 11.3 Å². The van der Waals surface area contributed by atoms with Gasteiger partial charge in [-0.1, -0.05) is 55.8 Å². The Labute approximate surface area is 223 Å². The molecular weight excluding hydrogens is 483 g/mol. The number of ketones is 1. The Hall–Kier alpha value is -3.97. The lowest BCUT2D eigenvalue weighted by Gasteiger charge is -2.28. The van der Waals surface area contributed by atoms with Crippen molar-refractivity contribution in [1.82, 2.24) is 9.80 Å². The summed E-state index contributed by atoms with van der Waals surface area (Å²) in [6, 6.07) is 19.6. The summed E-state index contributed by atoms with van der Waals surface area (Å²) in [5.41, 5.74) is 3.14. The number of halogens is 1. The van der Waals surface area contributed by atoms with Gasteiger partial charge >= 0.3 is 0 Å². The van der Waals surface area contributed by atoms with Gasteiger partial charge in [-0.15, -0.1) is 0 Å². The van der Waals surface area contributed by atoms with Gasteiger partial charge in [0, 0.05) is 18.7 Å². The number of benzene rings is 3. The minimum absolute atomic E-state index is 0.00501. The van der Waals surface area contributed by atoms with E-state index < -0.39 is 23.5 Å². The van der Waals surface area contributed by atoms with Crippen molar-refractivity contribution in [3.8, 4) is 5.75 Å². The van der Waals surface area contributed by atoms with Crippen LogP contribution < -0.4 is 4.74 Å². The van der Waals surface area contributed by atoms with Crippen LogP contribution in [0.4, 0.5) is 4.39 Å². The maximum atomic E-state index is 13.7. The summed E-state index contributed by atoms with van der Waals surface area (Å²) in [4.78, 5) is 29.9. The number of rotatable bonds is 10. The molecule has 1 saturated heterocycles. The van der Waals surface area contributed by atoms with Crippen molar-refractivity contribution < 1.29 is 23.8 Å². The van der Waals surface area contributed by atoms with Crippen molar-refractivity contribution in [2.45, 2.75) is 33.4 Å². The van der Waals surface area contributed by atoms with E-state index in [2.05, 4.69) is 11.0 Å². The van der Waals surface area contributed by atoms with Gasteiger partial charge in [-0.3, -0.25) is 9.59 Å². The summed E-state index contributed by atoms with van der Waals surface area (Å²) in [5.74, 6) is -1.51. The molecule has 0 spiro atoms. The molecule has 0 bridgehead atoms. The van der Waals surface area contributed by atoms with Crippen LogP contribution in [0.5, 0.6) is 5.75 Å². The Morgan fingerprint density at radius 2 is 1.68 bits per heavy atom. The fraction of sp³-hybridized carbons (Fsp3) is 0.290. The summed E-state index contributed by atoms with van der Waals surface area (Å²) in [7, 11) is 0. The van der Waals surface area contributed by atoms with Gasteiger partial charge in [0.25, 0.3) is 11.7 Å². The van der Waals surface area contributed by atoms with Gasteiger partial charge in [0.05, 0.1) is 11.6 Å². The smallest absolute Gasteiger partial charge is 0.295 e. The van der Waals surface area contributed by atoms with Crippen molar-refractivity contribution in [3.63, 3.8) is 0 Å². The molecule has 1 N–H and O–H groups in total. The first-order valence-corrected chi connectivity index (χ1v) is 12.9. The van der Waals surface area contributed by atoms with E-state index in [0.29, 0.717) is 36.6 Å². The number of hydrogen-bond acceptors (Lipinski definition) is 5. The van der Waals surface area contributed by atoms with Crippen molar-refractivity contribution in [3.05, 3.63) is 106 Å². The summed E-state index contributed by atoms with van der Waals surface area (Å²) < 4.78 is 19.6. The summed E-state index contributed by atoms with van der Waals surface area (Å²) in [6.07, 6.45) is 0. The largest absolute Gasteiger partial charge is 0.507 e. The van der Waals surface area contributed by atoms with E-state index in [1.54, 1.807) is 36.4 Å². The first-order valence-electron chi connectivity index (χ1n) is 12.9. The van der Waals surface area contributed by atoms with Gasteiger partial charge in [-0.2, -0.15) is 0 Å². The number of Topliss-reactive ketones (excluding diaryl/α,β-unsaturated/α-hetero) is 1. The second kappa shape index (κ2) is 12.0. The molecule has 1 aliphatic heterocycles. The third kappa shape index (κ3) is 5.94. The highest BCUT2D eigenvalue weighted by Crippen LogP contribution is 2.39. The topological polar surface area (TPSA) is 70.1 Å². The zero-order valence-corrected chi connectivity index (χ0v) is 22.0. The van der Waals surface area contributed by atoms with Crippen LogP contribution in [-0.4, -0.2) is 52.8 Å². The first-order chi connectivity index (χ1) is 18.3. The van der Waals surface area contributed by atoms with Gasteiger partial charge in [0.2, 0.25) is 0 Å². The number of ether oxygens (including phenoxy) is 1. The Morgan fingerprint density at radius 3 is 2.32 bits per heavy atom. The van der Waals surface area contributed by atoms with Crippen molar-refractivity contribution in [2.75, 3.05) is 26.2 Å². The molecule has 6 nitrogen and oxygen atoms in total. The van der Waals surface area contributed by atoms with Crippen LogP contribution in [0.25, 0.3) is 5.76 Å². The van der Waals surface area contributed by atoms with Crippen LogP contribution in [0.15, 0.2) is 78.4 Å². The third-order valence-electron chi connectivity index (χ3n) is 6.89. The number of nitrogens with zero attached hydrogens (tertiary/aromatic N) is 2. The summed E-state index contributed by atoms with van der Waals surface area (Å²) in [5, 5.41) is 11.3. The molecule has 1 fully saturated rings. The van der Waals surface area contributed by atoms with Crippen molar-refractivity contribution >= 4 is 17.4 Å².